The first-order chi connectivity index (χ1) is 13.4. The third-order valence-corrected chi connectivity index (χ3v) is 4.62. The predicted molar refractivity (Wildman–Crippen MR) is 103 cm³/mol. The minimum absolute atomic E-state index is 0.0201. The minimum Gasteiger partial charge on any atom is -0.508 e. The van der Waals surface area contributed by atoms with Gasteiger partial charge in [-0.15, -0.1) is 0 Å². The van der Waals surface area contributed by atoms with E-state index in [0.717, 1.165) is 0 Å². The standard InChI is InChI=1S/C20H18ClN3O4/c21-15-4-5-17(25)14(8-15)10-18(26)23-16-3-1-2-13(9-16)19(27)24-20(11-22)6-7-28-12-20/h1-5,8-9,25H,6-7,10,12H2,(H,23,26)(H,24,27). The van der Waals surface area contributed by atoms with Gasteiger partial charge in [0.2, 0.25) is 5.91 Å². The number of benzene rings is 2. The molecule has 1 heterocycles. The SMILES string of the molecule is N#CC1(NC(=O)c2cccc(NC(=O)Cc3cc(Cl)ccc3O)c2)CCOC1. The van der Waals surface area contributed by atoms with Crippen LogP contribution in [0.1, 0.15) is 22.3 Å². The van der Waals surface area contributed by atoms with Crippen LogP contribution in [-0.4, -0.2) is 35.7 Å². The molecule has 2 amide bonds. The summed E-state index contributed by atoms with van der Waals surface area (Å²) in [5.41, 5.74) is 0.106. The Bertz CT molecular complexity index is 949. The Morgan fingerprint density at radius 2 is 2.11 bits per heavy atom. The van der Waals surface area contributed by atoms with Gasteiger partial charge in [-0.1, -0.05) is 17.7 Å². The number of anilines is 1. The molecule has 1 unspecified atom stereocenters. The number of hydrogen-bond acceptors (Lipinski definition) is 5. The number of phenolic OH excluding ortho intramolecular Hbond substituents is 1. The second-order valence-corrected chi connectivity index (χ2v) is 6.97. The zero-order chi connectivity index (χ0) is 20.1. The van der Waals surface area contributed by atoms with Crippen LogP contribution in [-0.2, 0) is 16.0 Å². The lowest BCUT2D eigenvalue weighted by Gasteiger charge is -2.20. The third kappa shape index (κ3) is 4.60. The quantitative estimate of drug-likeness (QED) is 0.715. The Labute approximate surface area is 166 Å². The molecule has 3 rings (SSSR count). The van der Waals surface area contributed by atoms with Crippen molar-refractivity contribution in [2.75, 3.05) is 18.5 Å². The highest BCUT2D eigenvalue weighted by atomic mass is 35.5. The average molecular weight is 400 g/mol. The Balaban J connectivity index is 1.67. The lowest BCUT2D eigenvalue weighted by atomic mass is 10.00. The van der Waals surface area contributed by atoms with E-state index in [2.05, 4.69) is 16.7 Å². The molecule has 3 N–H and O–H groups in total. The number of halogens is 1. The van der Waals surface area contributed by atoms with E-state index in [1.807, 2.05) is 0 Å². The molecule has 1 saturated heterocycles. The number of carbonyl (C=O) groups is 2. The molecule has 0 spiro atoms. The molecule has 0 aliphatic carbocycles. The third-order valence-electron chi connectivity index (χ3n) is 4.39. The maximum absolute atomic E-state index is 12.5. The van der Waals surface area contributed by atoms with Crippen molar-refractivity contribution < 1.29 is 19.4 Å². The zero-order valence-electron chi connectivity index (χ0n) is 14.9. The van der Waals surface area contributed by atoms with E-state index in [1.54, 1.807) is 18.2 Å². The zero-order valence-corrected chi connectivity index (χ0v) is 15.6. The van der Waals surface area contributed by atoms with Crippen molar-refractivity contribution in [1.82, 2.24) is 5.32 Å². The van der Waals surface area contributed by atoms with Crippen molar-refractivity contribution >= 4 is 29.1 Å². The lowest BCUT2D eigenvalue weighted by molar-refractivity contribution is -0.115. The highest BCUT2D eigenvalue weighted by Crippen LogP contribution is 2.23. The molecule has 1 atom stereocenters. The van der Waals surface area contributed by atoms with Crippen LogP contribution >= 0.6 is 11.6 Å². The highest BCUT2D eigenvalue weighted by Gasteiger charge is 2.36. The average Bonchev–Trinajstić information content (AvgIpc) is 3.14. The van der Waals surface area contributed by atoms with Crippen molar-refractivity contribution in [3.05, 3.63) is 58.6 Å². The Morgan fingerprint density at radius 1 is 1.29 bits per heavy atom. The van der Waals surface area contributed by atoms with Crippen molar-refractivity contribution in [3.63, 3.8) is 0 Å². The number of aromatic hydroxyl groups is 1. The largest absolute Gasteiger partial charge is 0.508 e. The van der Waals surface area contributed by atoms with Crippen LogP contribution in [0.2, 0.25) is 5.02 Å². The minimum atomic E-state index is -1.03. The monoisotopic (exact) mass is 399 g/mol. The van der Waals surface area contributed by atoms with Crippen molar-refractivity contribution in [1.29, 1.82) is 5.26 Å². The van der Waals surface area contributed by atoms with Gasteiger partial charge in [-0.05, 0) is 36.4 Å². The van der Waals surface area contributed by atoms with Crippen LogP contribution in [0.5, 0.6) is 5.75 Å². The van der Waals surface area contributed by atoms with Gasteiger partial charge in [0.05, 0.1) is 25.7 Å². The maximum atomic E-state index is 12.5. The fourth-order valence-corrected chi connectivity index (χ4v) is 3.08. The number of ether oxygens (including phenoxy) is 1. The molecule has 7 nitrogen and oxygen atoms in total. The fraction of sp³-hybridized carbons (Fsp3) is 0.250. The van der Waals surface area contributed by atoms with Gasteiger partial charge in [0.15, 0.2) is 5.54 Å². The molecule has 2 aromatic carbocycles. The lowest BCUT2D eigenvalue weighted by Crippen LogP contribution is -2.47. The van der Waals surface area contributed by atoms with Crippen molar-refractivity contribution in [2.45, 2.75) is 18.4 Å². The topological polar surface area (TPSA) is 111 Å². The van der Waals surface area contributed by atoms with E-state index in [-0.39, 0.29) is 24.7 Å². The smallest absolute Gasteiger partial charge is 0.252 e. The number of phenols is 1. The van der Waals surface area contributed by atoms with E-state index < -0.39 is 11.4 Å². The van der Waals surface area contributed by atoms with Crippen LogP contribution in [0.3, 0.4) is 0 Å². The highest BCUT2D eigenvalue weighted by molar-refractivity contribution is 6.30. The summed E-state index contributed by atoms with van der Waals surface area (Å²) in [6.07, 6.45) is 0.354. The molecule has 1 aliphatic rings. The number of nitriles is 1. The van der Waals surface area contributed by atoms with Crippen LogP contribution in [0.4, 0.5) is 5.69 Å². The second kappa shape index (κ2) is 8.30. The normalized spacial score (nSPS) is 18.3. The molecule has 1 aliphatic heterocycles. The predicted octanol–water partition coefficient (Wildman–Crippen LogP) is 2.64. The summed E-state index contributed by atoms with van der Waals surface area (Å²) in [6.45, 7) is 0.565. The van der Waals surface area contributed by atoms with Crippen molar-refractivity contribution in [2.24, 2.45) is 0 Å². The molecule has 2 aromatic rings. The molecular formula is C20H18ClN3O4. The van der Waals surface area contributed by atoms with Gasteiger partial charge in [0, 0.05) is 28.3 Å². The van der Waals surface area contributed by atoms with Gasteiger partial charge in [0.25, 0.3) is 5.91 Å². The summed E-state index contributed by atoms with van der Waals surface area (Å²) in [6, 6.07) is 13.0. The van der Waals surface area contributed by atoms with Crippen LogP contribution < -0.4 is 10.6 Å². The van der Waals surface area contributed by atoms with E-state index in [1.165, 1.54) is 24.3 Å². The van der Waals surface area contributed by atoms with Gasteiger partial charge in [-0.3, -0.25) is 9.59 Å². The number of rotatable bonds is 5. The fourth-order valence-electron chi connectivity index (χ4n) is 2.88. The van der Waals surface area contributed by atoms with Gasteiger partial charge >= 0.3 is 0 Å². The number of amides is 2. The molecule has 8 heteroatoms. The number of nitrogens with one attached hydrogen (secondary N) is 2. The molecule has 144 valence electrons. The van der Waals surface area contributed by atoms with Crippen LogP contribution in [0.25, 0.3) is 0 Å². The second-order valence-electron chi connectivity index (χ2n) is 6.53. The first-order valence-corrected chi connectivity index (χ1v) is 8.97. The van der Waals surface area contributed by atoms with Gasteiger partial charge in [-0.25, -0.2) is 0 Å². The number of carbonyl (C=O) groups excluding carboxylic acids is 2. The first-order valence-electron chi connectivity index (χ1n) is 8.60. The van der Waals surface area contributed by atoms with Crippen LogP contribution in [0, 0.1) is 11.3 Å². The summed E-state index contributed by atoms with van der Waals surface area (Å²) in [5, 5.41) is 25.0. The van der Waals surface area contributed by atoms with E-state index in [9.17, 15) is 20.0 Å². The summed E-state index contributed by atoms with van der Waals surface area (Å²) in [4.78, 5) is 24.8. The summed E-state index contributed by atoms with van der Waals surface area (Å²) < 4.78 is 5.22. The Kier molecular flexibility index (Phi) is 5.83. The Hall–Kier alpha value is -3.08. The van der Waals surface area contributed by atoms with Gasteiger partial charge in [0.1, 0.15) is 5.75 Å². The van der Waals surface area contributed by atoms with Gasteiger partial charge < -0.3 is 20.5 Å². The molecule has 0 bridgehead atoms. The number of hydrogen-bond donors (Lipinski definition) is 3. The molecule has 1 fully saturated rings. The molecule has 28 heavy (non-hydrogen) atoms. The Morgan fingerprint density at radius 3 is 2.82 bits per heavy atom. The van der Waals surface area contributed by atoms with E-state index in [4.69, 9.17) is 16.3 Å². The van der Waals surface area contributed by atoms with Gasteiger partial charge in [-0.2, -0.15) is 5.26 Å². The summed E-state index contributed by atoms with van der Waals surface area (Å²) in [5.74, 6) is -0.809. The molecule has 0 saturated carbocycles. The maximum Gasteiger partial charge on any atom is 0.252 e. The molecule has 0 radical (unpaired) electrons. The summed E-state index contributed by atoms with van der Waals surface area (Å²) in [7, 11) is 0. The first kappa shape index (κ1) is 19.7. The summed E-state index contributed by atoms with van der Waals surface area (Å²) >= 11 is 5.89. The van der Waals surface area contributed by atoms with E-state index >= 15 is 0 Å². The molecular weight excluding hydrogens is 382 g/mol. The molecule has 0 aromatic heterocycles. The van der Waals surface area contributed by atoms with Crippen molar-refractivity contribution in [3.8, 4) is 11.8 Å². The van der Waals surface area contributed by atoms with E-state index in [0.29, 0.717) is 34.9 Å². The number of nitrogens with zero attached hydrogens (tertiary/aromatic N) is 1. The van der Waals surface area contributed by atoms with Crippen LogP contribution in [0.15, 0.2) is 42.5 Å².